The third-order valence-corrected chi connectivity index (χ3v) is 3.18. The van der Waals surface area contributed by atoms with Gasteiger partial charge in [0.15, 0.2) is 0 Å². The molecule has 0 radical (unpaired) electrons. The number of methoxy groups -OCH3 is 1. The first-order valence-electron chi connectivity index (χ1n) is 6.72. The number of rotatable bonds is 7. The molecule has 0 aliphatic heterocycles. The summed E-state index contributed by atoms with van der Waals surface area (Å²) in [4.78, 5) is 0. The molecule has 1 N–H and O–H groups in total. The Morgan fingerprint density at radius 1 is 1.21 bits per heavy atom. The summed E-state index contributed by atoms with van der Waals surface area (Å²) in [7, 11) is 1.69. The van der Waals surface area contributed by atoms with Crippen LogP contribution >= 0.6 is 0 Å². The second-order valence-corrected chi connectivity index (χ2v) is 4.62. The van der Waals surface area contributed by atoms with Crippen LogP contribution in [0.3, 0.4) is 0 Å². The van der Waals surface area contributed by atoms with Crippen molar-refractivity contribution in [3.05, 3.63) is 54.0 Å². The molecule has 2 aromatic rings. The monoisotopic (exact) mass is 259 g/mol. The molecule has 0 fully saturated rings. The van der Waals surface area contributed by atoms with Gasteiger partial charge in [0.1, 0.15) is 5.75 Å². The maximum Gasteiger partial charge on any atom is 0.118 e. The van der Waals surface area contributed by atoms with Gasteiger partial charge in [-0.1, -0.05) is 19.1 Å². The SMILES string of the molecule is CCCNC(Cc1ccoc1)c1ccc(OC)cc1. The summed E-state index contributed by atoms with van der Waals surface area (Å²) >= 11 is 0. The van der Waals surface area contributed by atoms with Crippen LogP contribution in [-0.4, -0.2) is 13.7 Å². The van der Waals surface area contributed by atoms with Crippen molar-refractivity contribution in [2.75, 3.05) is 13.7 Å². The lowest BCUT2D eigenvalue weighted by Gasteiger charge is -2.18. The van der Waals surface area contributed by atoms with E-state index in [1.54, 1.807) is 13.4 Å². The Labute approximate surface area is 114 Å². The molecule has 0 aliphatic rings. The van der Waals surface area contributed by atoms with Gasteiger partial charge in [-0.25, -0.2) is 0 Å². The van der Waals surface area contributed by atoms with Crippen LogP contribution in [0.4, 0.5) is 0 Å². The zero-order valence-corrected chi connectivity index (χ0v) is 11.6. The van der Waals surface area contributed by atoms with Crippen LogP contribution in [0.5, 0.6) is 5.75 Å². The molecule has 1 heterocycles. The van der Waals surface area contributed by atoms with Gasteiger partial charge in [-0.15, -0.1) is 0 Å². The Morgan fingerprint density at radius 2 is 2.00 bits per heavy atom. The number of benzene rings is 1. The summed E-state index contributed by atoms with van der Waals surface area (Å²) in [5.74, 6) is 0.890. The Morgan fingerprint density at radius 3 is 2.58 bits per heavy atom. The quantitative estimate of drug-likeness (QED) is 0.825. The molecular formula is C16H21NO2. The van der Waals surface area contributed by atoms with Gasteiger partial charge in [0.2, 0.25) is 0 Å². The van der Waals surface area contributed by atoms with Gasteiger partial charge in [-0.3, -0.25) is 0 Å². The van der Waals surface area contributed by atoms with E-state index < -0.39 is 0 Å². The lowest BCUT2D eigenvalue weighted by atomic mass is 10.00. The molecule has 0 bridgehead atoms. The minimum absolute atomic E-state index is 0.309. The van der Waals surface area contributed by atoms with Crippen LogP contribution in [0.15, 0.2) is 47.3 Å². The molecule has 1 aromatic carbocycles. The van der Waals surface area contributed by atoms with Gasteiger partial charge in [-0.2, -0.15) is 0 Å². The van der Waals surface area contributed by atoms with Gasteiger partial charge < -0.3 is 14.5 Å². The lowest BCUT2D eigenvalue weighted by Crippen LogP contribution is -2.23. The maximum atomic E-state index is 5.20. The summed E-state index contributed by atoms with van der Waals surface area (Å²) in [5, 5.41) is 3.58. The zero-order valence-electron chi connectivity index (χ0n) is 11.6. The standard InChI is InChI=1S/C16H21NO2/c1-3-9-17-16(11-13-8-10-19-12-13)14-4-6-15(18-2)7-5-14/h4-8,10,12,16-17H,3,9,11H2,1-2H3. The van der Waals surface area contributed by atoms with E-state index in [0.29, 0.717) is 6.04 Å². The molecule has 3 nitrogen and oxygen atoms in total. The highest BCUT2D eigenvalue weighted by atomic mass is 16.5. The van der Waals surface area contributed by atoms with Crippen LogP contribution in [0, 0.1) is 0 Å². The predicted octanol–water partition coefficient (Wildman–Crippen LogP) is 3.57. The molecule has 3 heteroatoms. The first kappa shape index (κ1) is 13.7. The van der Waals surface area contributed by atoms with Gasteiger partial charge in [0.05, 0.1) is 19.6 Å². The normalized spacial score (nSPS) is 12.3. The molecular weight excluding hydrogens is 238 g/mol. The van der Waals surface area contributed by atoms with Gasteiger partial charge >= 0.3 is 0 Å². The third-order valence-electron chi connectivity index (χ3n) is 3.18. The van der Waals surface area contributed by atoms with Crippen molar-refractivity contribution in [1.29, 1.82) is 0 Å². The van der Waals surface area contributed by atoms with Crippen LogP contribution in [0.1, 0.15) is 30.5 Å². The smallest absolute Gasteiger partial charge is 0.118 e. The number of ether oxygens (including phenoxy) is 1. The Bertz CT molecular complexity index is 462. The third kappa shape index (κ3) is 3.86. The number of furan rings is 1. The first-order valence-corrected chi connectivity index (χ1v) is 6.72. The van der Waals surface area contributed by atoms with Crippen LogP contribution in [0.2, 0.25) is 0 Å². The fraction of sp³-hybridized carbons (Fsp3) is 0.375. The van der Waals surface area contributed by atoms with Crippen LogP contribution < -0.4 is 10.1 Å². The summed E-state index contributed by atoms with van der Waals surface area (Å²) in [6.45, 7) is 3.18. The Kier molecular flexibility index (Phi) is 5.04. The molecule has 19 heavy (non-hydrogen) atoms. The largest absolute Gasteiger partial charge is 0.497 e. The van der Waals surface area contributed by atoms with Crippen molar-refractivity contribution in [2.45, 2.75) is 25.8 Å². The van der Waals surface area contributed by atoms with Gasteiger partial charge in [0.25, 0.3) is 0 Å². The van der Waals surface area contributed by atoms with Crippen molar-refractivity contribution in [1.82, 2.24) is 5.32 Å². The minimum atomic E-state index is 0.309. The van der Waals surface area contributed by atoms with E-state index >= 15 is 0 Å². The van der Waals surface area contributed by atoms with E-state index in [1.165, 1.54) is 11.1 Å². The fourth-order valence-corrected chi connectivity index (χ4v) is 2.11. The molecule has 2 rings (SSSR count). The molecule has 1 unspecified atom stereocenters. The summed E-state index contributed by atoms with van der Waals surface area (Å²) in [6.07, 6.45) is 5.59. The summed E-state index contributed by atoms with van der Waals surface area (Å²) in [6, 6.07) is 10.6. The van der Waals surface area contributed by atoms with Crippen LogP contribution in [-0.2, 0) is 6.42 Å². The molecule has 102 valence electrons. The fourth-order valence-electron chi connectivity index (χ4n) is 2.11. The molecule has 0 saturated carbocycles. The zero-order chi connectivity index (χ0) is 13.5. The molecule has 1 aromatic heterocycles. The van der Waals surface area contributed by atoms with Crippen molar-refractivity contribution < 1.29 is 9.15 Å². The van der Waals surface area contributed by atoms with E-state index in [1.807, 2.05) is 24.5 Å². The van der Waals surface area contributed by atoms with Crippen molar-refractivity contribution in [3.63, 3.8) is 0 Å². The van der Waals surface area contributed by atoms with Gasteiger partial charge in [0, 0.05) is 6.04 Å². The van der Waals surface area contributed by atoms with E-state index in [4.69, 9.17) is 9.15 Å². The molecule has 0 spiro atoms. The first-order chi connectivity index (χ1) is 9.33. The highest BCUT2D eigenvalue weighted by molar-refractivity contribution is 5.30. The topological polar surface area (TPSA) is 34.4 Å². The second-order valence-electron chi connectivity index (χ2n) is 4.62. The van der Waals surface area contributed by atoms with Crippen molar-refractivity contribution >= 4 is 0 Å². The Hall–Kier alpha value is -1.74. The highest BCUT2D eigenvalue weighted by Gasteiger charge is 2.12. The molecule has 1 atom stereocenters. The van der Waals surface area contributed by atoms with Gasteiger partial charge in [-0.05, 0) is 48.7 Å². The molecule has 0 amide bonds. The average molecular weight is 259 g/mol. The van der Waals surface area contributed by atoms with Crippen molar-refractivity contribution in [3.8, 4) is 5.75 Å². The molecule has 0 saturated heterocycles. The van der Waals surface area contributed by atoms with E-state index in [0.717, 1.165) is 25.1 Å². The number of hydrogen-bond acceptors (Lipinski definition) is 3. The van der Waals surface area contributed by atoms with E-state index in [9.17, 15) is 0 Å². The Balaban J connectivity index is 2.10. The number of nitrogens with one attached hydrogen (secondary N) is 1. The van der Waals surface area contributed by atoms with E-state index in [-0.39, 0.29) is 0 Å². The van der Waals surface area contributed by atoms with Crippen molar-refractivity contribution in [2.24, 2.45) is 0 Å². The molecule has 0 aliphatic carbocycles. The number of hydrogen-bond donors (Lipinski definition) is 1. The maximum absolute atomic E-state index is 5.20. The average Bonchev–Trinajstić information content (AvgIpc) is 2.96. The highest BCUT2D eigenvalue weighted by Crippen LogP contribution is 2.21. The summed E-state index contributed by atoms with van der Waals surface area (Å²) in [5.41, 5.74) is 2.49. The minimum Gasteiger partial charge on any atom is -0.497 e. The summed E-state index contributed by atoms with van der Waals surface area (Å²) < 4.78 is 10.3. The predicted molar refractivity (Wildman–Crippen MR) is 76.4 cm³/mol. The second kappa shape index (κ2) is 7.00. The van der Waals surface area contributed by atoms with Crippen LogP contribution in [0.25, 0.3) is 0 Å². The lowest BCUT2D eigenvalue weighted by molar-refractivity contribution is 0.414. The van der Waals surface area contributed by atoms with E-state index in [2.05, 4.69) is 24.4 Å².